The molecule has 0 fully saturated rings. The Kier molecular flexibility index (Phi) is 30.3. The van der Waals surface area contributed by atoms with E-state index in [0.29, 0.717) is 26.1 Å². The van der Waals surface area contributed by atoms with Gasteiger partial charge in [0.15, 0.2) is 0 Å². The van der Waals surface area contributed by atoms with Crippen molar-refractivity contribution >= 4 is 11.9 Å². The summed E-state index contributed by atoms with van der Waals surface area (Å²) >= 11 is 0. The Bertz CT molecular complexity index is 477. The summed E-state index contributed by atoms with van der Waals surface area (Å²) in [6, 6.07) is 0. The molecule has 0 heterocycles. The van der Waals surface area contributed by atoms with Crippen molar-refractivity contribution in [3.63, 3.8) is 0 Å². The molecule has 0 bridgehead atoms. The summed E-state index contributed by atoms with van der Waals surface area (Å²) in [5, 5.41) is 0. The van der Waals surface area contributed by atoms with E-state index in [1.807, 2.05) is 0 Å². The maximum Gasteiger partial charge on any atom is 0.305 e. The van der Waals surface area contributed by atoms with Crippen LogP contribution in [0.3, 0.4) is 0 Å². The van der Waals surface area contributed by atoms with Gasteiger partial charge in [-0.15, -0.1) is 0 Å². The fourth-order valence-corrected chi connectivity index (χ4v) is 4.76. The van der Waals surface area contributed by atoms with Crippen molar-refractivity contribution in [2.75, 3.05) is 13.2 Å². The topological polar surface area (TPSA) is 52.6 Å². The number of carbonyl (C=O) groups excluding carboxylic acids is 2. The fraction of sp³-hybridized carbons (Fsp3) is 0.939. The monoisotopic (exact) mass is 524 g/mol. The van der Waals surface area contributed by atoms with Gasteiger partial charge in [0.25, 0.3) is 0 Å². The summed E-state index contributed by atoms with van der Waals surface area (Å²) in [6.07, 6.45) is 32.2. The van der Waals surface area contributed by atoms with Crippen molar-refractivity contribution in [3.8, 4) is 0 Å². The molecule has 220 valence electrons. The highest BCUT2D eigenvalue weighted by molar-refractivity contribution is 5.69. The largest absolute Gasteiger partial charge is 0.466 e. The molecule has 0 aromatic carbocycles. The zero-order chi connectivity index (χ0) is 27.1. The van der Waals surface area contributed by atoms with Crippen molar-refractivity contribution in [1.29, 1.82) is 0 Å². The van der Waals surface area contributed by atoms with E-state index < -0.39 is 0 Å². The number of rotatable bonds is 30. The van der Waals surface area contributed by atoms with Crippen LogP contribution in [0.15, 0.2) is 0 Å². The van der Waals surface area contributed by atoms with E-state index in [9.17, 15) is 9.59 Å². The third-order valence-corrected chi connectivity index (χ3v) is 7.28. The minimum atomic E-state index is -0.0526. The minimum absolute atomic E-state index is 0.0354. The van der Waals surface area contributed by atoms with Gasteiger partial charge in [0, 0.05) is 12.8 Å². The van der Waals surface area contributed by atoms with Crippen LogP contribution in [-0.2, 0) is 19.1 Å². The van der Waals surface area contributed by atoms with Gasteiger partial charge >= 0.3 is 11.9 Å². The Morgan fingerprint density at radius 1 is 0.351 bits per heavy atom. The highest BCUT2D eigenvalue weighted by atomic mass is 16.5. The van der Waals surface area contributed by atoms with E-state index in [1.54, 1.807) is 0 Å². The number of hydrogen-bond acceptors (Lipinski definition) is 4. The molecule has 0 saturated heterocycles. The van der Waals surface area contributed by atoms with Crippen LogP contribution in [0.4, 0.5) is 0 Å². The number of hydrogen-bond donors (Lipinski definition) is 0. The first-order valence-corrected chi connectivity index (χ1v) is 16.5. The van der Waals surface area contributed by atoms with Crippen LogP contribution >= 0.6 is 0 Å². The summed E-state index contributed by atoms with van der Waals surface area (Å²) in [7, 11) is 0. The molecule has 0 atom stereocenters. The van der Waals surface area contributed by atoms with Crippen LogP contribution in [0.1, 0.15) is 187 Å². The van der Waals surface area contributed by atoms with Gasteiger partial charge in [-0.3, -0.25) is 9.59 Å². The van der Waals surface area contributed by atoms with Gasteiger partial charge in [-0.05, 0) is 25.7 Å². The van der Waals surface area contributed by atoms with Gasteiger partial charge < -0.3 is 9.47 Å². The van der Waals surface area contributed by atoms with Crippen LogP contribution in [0, 0.1) is 0 Å². The second-order valence-electron chi connectivity index (χ2n) is 11.1. The summed E-state index contributed by atoms with van der Waals surface area (Å²) < 4.78 is 10.6. The molecule has 0 saturated carbocycles. The lowest BCUT2D eigenvalue weighted by atomic mass is 10.0. The van der Waals surface area contributed by atoms with Crippen LogP contribution in [0.5, 0.6) is 0 Å². The van der Waals surface area contributed by atoms with E-state index in [0.717, 1.165) is 64.2 Å². The van der Waals surface area contributed by atoms with E-state index in [1.165, 1.54) is 96.3 Å². The number of carbonyl (C=O) groups is 2. The summed E-state index contributed by atoms with van der Waals surface area (Å²) in [5.74, 6) is -0.0880. The van der Waals surface area contributed by atoms with E-state index >= 15 is 0 Å². The molecule has 0 aliphatic rings. The molecule has 4 nitrogen and oxygen atoms in total. The molecular formula is C33H64O4. The highest BCUT2D eigenvalue weighted by Crippen LogP contribution is 2.14. The fourth-order valence-electron chi connectivity index (χ4n) is 4.76. The molecule has 0 aromatic rings. The summed E-state index contributed by atoms with van der Waals surface area (Å²) in [5.41, 5.74) is 0. The van der Waals surface area contributed by atoms with Crippen molar-refractivity contribution in [2.45, 2.75) is 187 Å². The molecule has 37 heavy (non-hydrogen) atoms. The lowest BCUT2D eigenvalue weighted by Gasteiger charge is -2.06. The molecular weight excluding hydrogens is 460 g/mol. The van der Waals surface area contributed by atoms with Gasteiger partial charge in [0.2, 0.25) is 0 Å². The van der Waals surface area contributed by atoms with Crippen molar-refractivity contribution < 1.29 is 19.1 Å². The Labute approximate surface area is 231 Å². The second-order valence-corrected chi connectivity index (χ2v) is 11.1. The highest BCUT2D eigenvalue weighted by Gasteiger charge is 2.04. The summed E-state index contributed by atoms with van der Waals surface area (Å²) in [4.78, 5) is 23.5. The third-order valence-electron chi connectivity index (χ3n) is 7.28. The van der Waals surface area contributed by atoms with E-state index in [4.69, 9.17) is 9.47 Å². The molecule has 0 N–H and O–H groups in total. The molecule has 0 rings (SSSR count). The van der Waals surface area contributed by atoms with Crippen LogP contribution in [0.2, 0.25) is 0 Å². The predicted octanol–water partition coefficient (Wildman–Crippen LogP) is 10.6. The third kappa shape index (κ3) is 31.1. The molecule has 0 radical (unpaired) electrons. The SMILES string of the molecule is CCCCCCCCCCCCCCCCCCOC(=O)CCCCCCCCC(=O)OCCCCC. The molecule has 0 aliphatic heterocycles. The van der Waals surface area contributed by atoms with Crippen molar-refractivity contribution in [1.82, 2.24) is 0 Å². The van der Waals surface area contributed by atoms with Gasteiger partial charge in [-0.1, -0.05) is 149 Å². The molecule has 0 aromatic heterocycles. The molecule has 0 unspecified atom stereocenters. The van der Waals surface area contributed by atoms with Crippen LogP contribution < -0.4 is 0 Å². The normalized spacial score (nSPS) is 11.1. The van der Waals surface area contributed by atoms with Crippen molar-refractivity contribution in [2.24, 2.45) is 0 Å². The zero-order valence-corrected chi connectivity index (χ0v) is 25.1. The van der Waals surface area contributed by atoms with Gasteiger partial charge in [-0.25, -0.2) is 0 Å². The number of esters is 2. The average Bonchev–Trinajstić information content (AvgIpc) is 2.90. The number of ether oxygens (including phenoxy) is 2. The second kappa shape index (κ2) is 31.2. The minimum Gasteiger partial charge on any atom is -0.466 e. The maximum absolute atomic E-state index is 11.9. The van der Waals surface area contributed by atoms with Crippen LogP contribution in [0.25, 0.3) is 0 Å². The standard InChI is InChI=1S/C33H64O4/c1-3-5-7-8-9-10-11-12-13-14-15-16-17-20-23-27-31-37-33(35)29-25-22-19-18-21-24-28-32(34)36-30-26-6-4-2/h3-31H2,1-2H3. The Balaban J connectivity index is 3.21. The van der Waals surface area contributed by atoms with Gasteiger partial charge in [0.1, 0.15) is 0 Å². The molecule has 0 aliphatic carbocycles. The maximum atomic E-state index is 11.9. The van der Waals surface area contributed by atoms with Crippen molar-refractivity contribution in [3.05, 3.63) is 0 Å². The first kappa shape index (κ1) is 35.9. The Morgan fingerprint density at radius 3 is 0.946 bits per heavy atom. The Hall–Kier alpha value is -1.06. The molecule has 4 heteroatoms. The first-order chi connectivity index (χ1) is 18.2. The Morgan fingerprint density at radius 2 is 0.595 bits per heavy atom. The molecule has 0 amide bonds. The average molecular weight is 525 g/mol. The number of unbranched alkanes of at least 4 members (excludes halogenated alkanes) is 22. The quantitative estimate of drug-likeness (QED) is 0.0692. The molecule has 0 spiro atoms. The van der Waals surface area contributed by atoms with Gasteiger partial charge in [-0.2, -0.15) is 0 Å². The predicted molar refractivity (Wildman–Crippen MR) is 158 cm³/mol. The van der Waals surface area contributed by atoms with E-state index in [-0.39, 0.29) is 11.9 Å². The van der Waals surface area contributed by atoms with Crippen LogP contribution in [-0.4, -0.2) is 25.2 Å². The first-order valence-electron chi connectivity index (χ1n) is 16.5. The lowest BCUT2D eigenvalue weighted by Crippen LogP contribution is -2.06. The summed E-state index contributed by atoms with van der Waals surface area (Å²) in [6.45, 7) is 5.59. The lowest BCUT2D eigenvalue weighted by molar-refractivity contribution is -0.144. The van der Waals surface area contributed by atoms with Gasteiger partial charge in [0.05, 0.1) is 13.2 Å². The zero-order valence-electron chi connectivity index (χ0n) is 25.1. The van der Waals surface area contributed by atoms with E-state index in [2.05, 4.69) is 13.8 Å². The smallest absolute Gasteiger partial charge is 0.305 e.